The summed E-state index contributed by atoms with van der Waals surface area (Å²) < 4.78 is 44.9. The van der Waals surface area contributed by atoms with E-state index in [1.807, 2.05) is 11.8 Å². The average molecular weight is 531 g/mol. The largest absolute Gasteiger partial charge is 0.493 e. The third kappa shape index (κ3) is 9.91. The highest BCUT2D eigenvalue weighted by Crippen LogP contribution is 2.38. The molecule has 0 saturated carbocycles. The number of hydrogen-bond donors (Lipinski definition) is 4. The molecule has 0 bridgehead atoms. The predicted octanol–water partition coefficient (Wildman–Crippen LogP) is 2.98. The number of aliphatic hydroxyl groups is 1. The Morgan fingerprint density at radius 1 is 1.00 bits per heavy atom. The second-order valence-electron chi connectivity index (χ2n) is 7.74. The molecule has 0 unspecified atom stereocenters. The summed E-state index contributed by atoms with van der Waals surface area (Å²) >= 11 is 0. The number of carboxylic acids is 3. The Morgan fingerprint density at radius 3 is 1.95 bits per heavy atom. The molecule has 1 aromatic carbocycles. The number of carbonyl (C=O) groups is 3. The molecule has 0 atom stereocenters. The number of nitrogens with zero attached hydrogens (tertiary/aromatic N) is 3. The minimum atomic E-state index is -4.47. The lowest BCUT2D eigenvalue weighted by atomic mass is 9.96. The lowest BCUT2D eigenvalue weighted by Gasteiger charge is -2.25. The zero-order chi connectivity index (χ0) is 28.4. The highest BCUT2D eigenvalue weighted by Gasteiger charge is 2.40. The summed E-state index contributed by atoms with van der Waals surface area (Å²) in [5.41, 5.74) is -2.18. The lowest BCUT2D eigenvalue weighted by Crippen LogP contribution is -2.42. The highest BCUT2D eigenvalue weighted by molar-refractivity contribution is 5.88. The third-order valence-corrected chi connectivity index (χ3v) is 4.81. The minimum absolute atomic E-state index is 0.150. The van der Waals surface area contributed by atoms with Crippen LogP contribution in [-0.4, -0.2) is 67.1 Å². The summed E-state index contributed by atoms with van der Waals surface area (Å²) in [6.07, 6.45) is -3.38. The van der Waals surface area contributed by atoms with Crippen molar-refractivity contribution in [2.75, 3.05) is 18.1 Å². The summed E-state index contributed by atoms with van der Waals surface area (Å²) in [6.45, 7) is 6.49. The maximum atomic E-state index is 13.3. The third-order valence-electron chi connectivity index (χ3n) is 4.81. The smallest absolute Gasteiger partial charge is 0.420 e. The number of halogens is 3. The van der Waals surface area contributed by atoms with Gasteiger partial charge in [0.1, 0.15) is 11.6 Å². The molecule has 37 heavy (non-hydrogen) atoms. The summed E-state index contributed by atoms with van der Waals surface area (Å²) in [4.78, 5) is 40.6. The molecule has 2 aromatic rings. The van der Waals surface area contributed by atoms with Crippen LogP contribution in [-0.2, 0) is 27.1 Å². The Labute approximate surface area is 210 Å². The van der Waals surface area contributed by atoms with Crippen molar-refractivity contribution in [3.05, 3.63) is 47.5 Å². The number of hydrogen-bond acceptors (Lipinski definition) is 8. The van der Waals surface area contributed by atoms with Crippen LogP contribution in [0.2, 0.25) is 0 Å². The Hall–Kier alpha value is -3.94. The van der Waals surface area contributed by atoms with Gasteiger partial charge in [0.2, 0.25) is 0 Å². The molecule has 0 amide bonds. The van der Waals surface area contributed by atoms with E-state index >= 15 is 0 Å². The van der Waals surface area contributed by atoms with Crippen molar-refractivity contribution in [3.63, 3.8) is 0 Å². The fourth-order valence-electron chi connectivity index (χ4n) is 3.04. The molecule has 1 heterocycles. The van der Waals surface area contributed by atoms with Crippen molar-refractivity contribution in [2.24, 2.45) is 0 Å². The maximum absolute atomic E-state index is 13.3. The van der Waals surface area contributed by atoms with Gasteiger partial charge in [-0.1, -0.05) is 0 Å². The van der Waals surface area contributed by atoms with Crippen LogP contribution in [0, 0.1) is 6.92 Å². The number of alkyl halides is 3. The lowest BCUT2D eigenvalue weighted by molar-refractivity contribution is -0.170. The van der Waals surface area contributed by atoms with Crippen molar-refractivity contribution >= 4 is 23.6 Å². The fraction of sp³-hybridized carbons (Fsp3) is 0.435. The van der Waals surface area contributed by atoms with Gasteiger partial charge in [0.05, 0.1) is 25.0 Å². The van der Waals surface area contributed by atoms with Crippen molar-refractivity contribution in [3.8, 4) is 5.75 Å². The first-order chi connectivity index (χ1) is 17.1. The number of benzene rings is 1. The van der Waals surface area contributed by atoms with Gasteiger partial charge in [0.25, 0.3) is 0 Å². The van der Waals surface area contributed by atoms with Gasteiger partial charge in [-0.25, -0.2) is 14.8 Å². The molecule has 0 radical (unpaired) electrons. The van der Waals surface area contributed by atoms with Crippen LogP contribution in [0.1, 0.15) is 43.6 Å². The fourth-order valence-corrected chi connectivity index (χ4v) is 3.04. The highest BCUT2D eigenvalue weighted by atomic mass is 19.4. The standard InChI is InChI=1S/C17H20F3N3O.C6H8O7/c1-4-23(11-13-9-21-12(3)22-10-13)14-6-7-16(24-5-2)15(8-14)17(18,19)20;7-3(8)1-6(13,5(11)12)2-4(9)10/h6-10H,4-5,11H2,1-3H3;13H,1-2H2,(H,7,8)(H,9,10)(H,11,12). The summed E-state index contributed by atoms with van der Waals surface area (Å²) in [7, 11) is 0. The van der Waals surface area contributed by atoms with E-state index in [9.17, 15) is 27.6 Å². The van der Waals surface area contributed by atoms with Gasteiger partial charge < -0.3 is 30.1 Å². The molecular formula is C23H28F3N3O8. The second-order valence-corrected chi connectivity index (χ2v) is 7.74. The number of aromatic nitrogens is 2. The molecule has 2 rings (SSSR count). The molecule has 11 nitrogen and oxygen atoms in total. The minimum Gasteiger partial charge on any atom is -0.493 e. The van der Waals surface area contributed by atoms with E-state index in [0.29, 0.717) is 24.6 Å². The number of rotatable bonds is 11. The molecule has 1 aromatic heterocycles. The number of ether oxygens (including phenoxy) is 1. The van der Waals surface area contributed by atoms with Gasteiger partial charge in [-0.15, -0.1) is 0 Å². The zero-order valence-corrected chi connectivity index (χ0v) is 20.3. The van der Waals surface area contributed by atoms with E-state index in [1.165, 1.54) is 6.07 Å². The van der Waals surface area contributed by atoms with Crippen LogP contribution in [0.5, 0.6) is 5.75 Å². The van der Waals surface area contributed by atoms with Crippen LogP contribution in [0.15, 0.2) is 30.6 Å². The number of carboxylic acid groups (broad SMARTS) is 3. The first-order valence-electron chi connectivity index (χ1n) is 10.9. The van der Waals surface area contributed by atoms with Gasteiger partial charge in [-0.2, -0.15) is 13.2 Å². The molecule has 4 N–H and O–H groups in total. The van der Waals surface area contributed by atoms with Crippen molar-refractivity contribution < 1.29 is 52.7 Å². The van der Waals surface area contributed by atoms with E-state index in [-0.39, 0.29) is 12.4 Å². The summed E-state index contributed by atoms with van der Waals surface area (Å²) in [5, 5.41) is 33.8. The van der Waals surface area contributed by atoms with Crippen LogP contribution in [0.25, 0.3) is 0 Å². The van der Waals surface area contributed by atoms with E-state index < -0.39 is 48.1 Å². The molecule has 14 heteroatoms. The van der Waals surface area contributed by atoms with Crippen LogP contribution < -0.4 is 9.64 Å². The maximum Gasteiger partial charge on any atom is 0.420 e. The van der Waals surface area contributed by atoms with Gasteiger partial charge >= 0.3 is 24.1 Å². The monoisotopic (exact) mass is 531 g/mol. The van der Waals surface area contributed by atoms with Gasteiger partial charge in [-0.05, 0) is 39.0 Å². The molecule has 0 aliphatic heterocycles. The van der Waals surface area contributed by atoms with Crippen molar-refractivity contribution in [1.29, 1.82) is 0 Å². The van der Waals surface area contributed by atoms with Gasteiger partial charge in [-0.3, -0.25) is 9.59 Å². The average Bonchev–Trinajstić information content (AvgIpc) is 2.78. The van der Waals surface area contributed by atoms with E-state index in [1.54, 1.807) is 32.3 Å². The van der Waals surface area contributed by atoms with E-state index in [0.717, 1.165) is 11.6 Å². The predicted molar refractivity (Wildman–Crippen MR) is 123 cm³/mol. The van der Waals surface area contributed by atoms with Crippen LogP contribution >= 0.6 is 0 Å². The molecule has 0 aliphatic carbocycles. The molecule has 0 fully saturated rings. The first kappa shape index (κ1) is 31.1. The Balaban J connectivity index is 0.000000448. The summed E-state index contributed by atoms with van der Waals surface area (Å²) in [5.74, 6) is -4.51. The molecule has 0 aliphatic rings. The summed E-state index contributed by atoms with van der Waals surface area (Å²) in [6, 6.07) is 4.14. The van der Waals surface area contributed by atoms with Gasteiger partial charge in [0, 0.05) is 36.7 Å². The molecule has 0 spiro atoms. The normalized spacial score (nSPS) is 11.2. The first-order valence-corrected chi connectivity index (χ1v) is 10.9. The van der Waals surface area contributed by atoms with E-state index in [2.05, 4.69) is 9.97 Å². The Morgan fingerprint density at radius 2 is 1.54 bits per heavy atom. The van der Waals surface area contributed by atoms with Crippen molar-refractivity contribution in [1.82, 2.24) is 9.97 Å². The number of aliphatic carboxylic acids is 3. The topological polar surface area (TPSA) is 170 Å². The van der Waals surface area contributed by atoms with Crippen LogP contribution in [0.4, 0.5) is 18.9 Å². The van der Waals surface area contributed by atoms with Crippen LogP contribution in [0.3, 0.4) is 0 Å². The Kier molecular flexibility index (Phi) is 11.3. The van der Waals surface area contributed by atoms with Crippen molar-refractivity contribution in [2.45, 2.75) is 51.9 Å². The number of aryl methyl sites for hydroxylation is 1. The molecular weight excluding hydrogens is 503 g/mol. The number of anilines is 1. The van der Waals surface area contributed by atoms with Gasteiger partial charge in [0.15, 0.2) is 5.60 Å². The second kappa shape index (κ2) is 13.4. The quantitative estimate of drug-likeness (QED) is 0.336. The Bertz CT molecular complexity index is 1060. The van der Waals surface area contributed by atoms with E-state index in [4.69, 9.17) is 25.2 Å². The molecule has 0 saturated heterocycles. The zero-order valence-electron chi connectivity index (χ0n) is 20.3. The molecule has 204 valence electrons. The SMILES string of the molecule is CCOc1ccc(N(CC)Cc2cnc(C)nc2)cc1C(F)(F)F.O=C(O)CC(O)(CC(=O)O)C(=O)O.